The zero-order valence-corrected chi connectivity index (χ0v) is 10.7. The van der Waals surface area contributed by atoms with E-state index in [1.54, 1.807) is 0 Å². The smallest absolute Gasteiger partial charge is 0.305 e. The second-order valence-corrected chi connectivity index (χ2v) is 4.60. The summed E-state index contributed by atoms with van der Waals surface area (Å²) in [6.45, 7) is 0.719. The van der Waals surface area contributed by atoms with Crippen molar-refractivity contribution in [3.05, 3.63) is 46.5 Å². The van der Waals surface area contributed by atoms with E-state index in [4.69, 9.17) is 0 Å². The van der Waals surface area contributed by atoms with E-state index in [1.807, 2.05) is 0 Å². The lowest BCUT2D eigenvalue weighted by molar-refractivity contribution is 0.0124. The van der Waals surface area contributed by atoms with Crippen molar-refractivity contribution in [1.82, 2.24) is 19.9 Å². The number of aromatic amines is 2. The third-order valence-electron chi connectivity index (χ3n) is 3.01. The molecule has 21 heavy (non-hydrogen) atoms. The molecule has 0 saturated heterocycles. The fourth-order valence-electron chi connectivity index (χ4n) is 1.99. The second kappa shape index (κ2) is 4.44. The molecule has 0 bridgehead atoms. The van der Waals surface area contributed by atoms with E-state index in [-0.39, 0.29) is 16.7 Å². The Hall–Kier alpha value is -2.64. The van der Waals surface area contributed by atoms with Gasteiger partial charge in [-0.25, -0.2) is 9.18 Å². The molecular formula is C13H9F3N4O. The van der Waals surface area contributed by atoms with Gasteiger partial charge in [0.2, 0.25) is 0 Å². The Morgan fingerprint density at radius 1 is 1.10 bits per heavy atom. The van der Waals surface area contributed by atoms with Crippen molar-refractivity contribution in [1.29, 1.82) is 0 Å². The molecule has 0 unspecified atom stereocenters. The molecule has 0 saturated carbocycles. The normalized spacial score (nSPS) is 12.0. The van der Waals surface area contributed by atoms with Gasteiger partial charge in [0, 0.05) is 12.5 Å². The van der Waals surface area contributed by atoms with E-state index in [0.717, 1.165) is 25.4 Å². The molecule has 2 N–H and O–H groups in total. The molecule has 3 aromatic rings. The monoisotopic (exact) mass is 294 g/mol. The van der Waals surface area contributed by atoms with Crippen LogP contribution in [0, 0.1) is 5.82 Å². The quantitative estimate of drug-likeness (QED) is 0.762. The highest BCUT2D eigenvalue weighted by Gasteiger charge is 2.26. The molecule has 0 radical (unpaired) electrons. The number of halogens is 3. The van der Waals surface area contributed by atoms with Crippen LogP contribution in [0.15, 0.2) is 29.3 Å². The number of nitrogens with one attached hydrogen (secondary N) is 2. The standard InChI is InChI=1S/C13H9F3N4O/c1-13(15,16)9-5-17-8(4-18-9)6-2-3-7(14)11-10(6)19-12(21)20-11/h2-5H,1H3,(H2,19,20,21). The number of alkyl halides is 2. The van der Waals surface area contributed by atoms with E-state index in [1.165, 1.54) is 6.07 Å². The molecular weight excluding hydrogens is 285 g/mol. The van der Waals surface area contributed by atoms with Crippen LogP contribution in [-0.4, -0.2) is 19.9 Å². The van der Waals surface area contributed by atoms with E-state index in [2.05, 4.69) is 19.9 Å². The average Bonchev–Trinajstić information content (AvgIpc) is 2.81. The minimum Gasteiger partial charge on any atom is -0.305 e. The number of aromatic nitrogens is 4. The maximum Gasteiger partial charge on any atom is 0.323 e. The van der Waals surface area contributed by atoms with Crippen LogP contribution in [-0.2, 0) is 5.92 Å². The zero-order chi connectivity index (χ0) is 15.2. The molecule has 1 aromatic carbocycles. The molecule has 2 heterocycles. The molecule has 0 spiro atoms. The molecule has 0 amide bonds. The maximum absolute atomic E-state index is 13.6. The Balaban J connectivity index is 2.17. The number of H-pyrrole nitrogens is 2. The average molecular weight is 294 g/mol. The van der Waals surface area contributed by atoms with Crippen molar-refractivity contribution in [3.8, 4) is 11.3 Å². The van der Waals surface area contributed by atoms with Crippen LogP contribution in [0.1, 0.15) is 12.6 Å². The molecule has 0 fully saturated rings. The first-order chi connectivity index (χ1) is 9.86. The number of hydrogen-bond acceptors (Lipinski definition) is 3. The molecule has 0 aliphatic carbocycles. The van der Waals surface area contributed by atoms with Gasteiger partial charge in [-0.3, -0.25) is 9.97 Å². The van der Waals surface area contributed by atoms with E-state index in [9.17, 15) is 18.0 Å². The van der Waals surface area contributed by atoms with Crippen LogP contribution < -0.4 is 5.69 Å². The molecule has 0 aliphatic heterocycles. The van der Waals surface area contributed by atoms with Gasteiger partial charge in [-0.05, 0) is 12.1 Å². The SMILES string of the molecule is CC(F)(F)c1cnc(-c2ccc(F)c3[nH]c(=O)[nH]c23)cn1. The molecule has 5 nitrogen and oxygen atoms in total. The van der Waals surface area contributed by atoms with Gasteiger partial charge in [0.1, 0.15) is 17.0 Å². The van der Waals surface area contributed by atoms with Crippen LogP contribution in [0.3, 0.4) is 0 Å². The molecule has 2 aromatic heterocycles. The summed E-state index contributed by atoms with van der Waals surface area (Å²) in [5.41, 5.74) is -0.172. The lowest BCUT2D eigenvalue weighted by Crippen LogP contribution is -2.10. The Kier molecular flexibility index (Phi) is 2.82. The van der Waals surface area contributed by atoms with Crippen molar-refractivity contribution in [2.45, 2.75) is 12.8 Å². The van der Waals surface area contributed by atoms with Crippen LogP contribution in [0.5, 0.6) is 0 Å². The fourth-order valence-corrected chi connectivity index (χ4v) is 1.99. The number of rotatable bonds is 2. The predicted molar refractivity (Wildman–Crippen MR) is 69.5 cm³/mol. The molecule has 108 valence electrons. The molecule has 0 atom stereocenters. The lowest BCUT2D eigenvalue weighted by Gasteiger charge is -2.09. The summed E-state index contributed by atoms with van der Waals surface area (Å²) in [5, 5.41) is 0. The van der Waals surface area contributed by atoms with Crippen LogP contribution >= 0.6 is 0 Å². The highest BCUT2D eigenvalue weighted by atomic mass is 19.3. The lowest BCUT2D eigenvalue weighted by atomic mass is 10.1. The first-order valence-corrected chi connectivity index (χ1v) is 5.97. The summed E-state index contributed by atoms with van der Waals surface area (Å²) < 4.78 is 39.8. The number of hydrogen-bond donors (Lipinski definition) is 2. The summed E-state index contributed by atoms with van der Waals surface area (Å²) in [4.78, 5) is 23.6. The van der Waals surface area contributed by atoms with E-state index < -0.39 is 23.1 Å². The molecule has 8 heteroatoms. The maximum atomic E-state index is 13.6. The second-order valence-electron chi connectivity index (χ2n) is 4.60. The largest absolute Gasteiger partial charge is 0.323 e. The van der Waals surface area contributed by atoms with Crippen molar-refractivity contribution in [2.24, 2.45) is 0 Å². The fraction of sp³-hybridized carbons (Fsp3) is 0.154. The van der Waals surface area contributed by atoms with Gasteiger partial charge in [0.25, 0.3) is 5.92 Å². The summed E-state index contributed by atoms with van der Waals surface area (Å²) in [5.74, 6) is -3.69. The van der Waals surface area contributed by atoms with E-state index >= 15 is 0 Å². The van der Waals surface area contributed by atoms with Gasteiger partial charge in [0.15, 0.2) is 0 Å². The van der Waals surface area contributed by atoms with Gasteiger partial charge >= 0.3 is 5.69 Å². The van der Waals surface area contributed by atoms with Gasteiger partial charge in [-0.2, -0.15) is 8.78 Å². The Labute approximate surface area is 115 Å². The molecule has 0 aliphatic rings. The zero-order valence-electron chi connectivity index (χ0n) is 10.7. The Morgan fingerprint density at radius 2 is 1.81 bits per heavy atom. The first kappa shape index (κ1) is 13.3. The topological polar surface area (TPSA) is 74.4 Å². The van der Waals surface area contributed by atoms with Crippen LogP contribution in [0.2, 0.25) is 0 Å². The van der Waals surface area contributed by atoms with Crippen molar-refractivity contribution in [2.75, 3.05) is 0 Å². The highest BCUT2D eigenvalue weighted by molar-refractivity contribution is 5.90. The molecule has 3 rings (SSSR count). The predicted octanol–water partition coefficient (Wildman–Crippen LogP) is 2.56. The number of nitrogens with zero attached hydrogens (tertiary/aromatic N) is 2. The highest BCUT2D eigenvalue weighted by Crippen LogP contribution is 2.28. The summed E-state index contributed by atoms with van der Waals surface area (Å²) >= 11 is 0. The number of fused-ring (bicyclic) bond motifs is 1. The van der Waals surface area contributed by atoms with Crippen molar-refractivity contribution < 1.29 is 13.2 Å². The number of imidazole rings is 1. The number of benzene rings is 1. The van der Waals surface area contributed by atoms with Crippen LogP contribution in [0.25, 0.3) is 22.3 Å². The van der Waals surface area contributed by atoms with Crippen LogP contribution in [0.4, 0.5) is 13.2 Å². The van der Waals surface area contributed by atoms with Crippen molar-refractivity contribution >= 4 is 11.0 Å². The third-order valence-corrected chi connectivity index (χ3v) is 3.01. The minimum absolute atomic E-state index is 0.00389. The van der Waals surface area contributed by atoms with Gasteiger partial charge in [-0.15, -0.1) is 0 Å². The van der Waals surface area contributed by atoms with Gasteiger partial charge < -0.3 is 9.97 Å². The first-order valence-electron chi connectivity index (χ1n) is 5.97. The third kappa shape index (κ3) is 2.28. The van der Waals surface area contributed by atoms with Crippen molar-refractivity contribution in [3.63, 3.8) is 0 Å². The summed E-state index contributed by atoms with van der Waals surface area (Å²) in [6, 6.07) is 2.56. The van der Waals surface area contributed by atoms with Gasteiger partial charge in [0.05, 0.1) is 23.6 Å². The minimum atomic E-state index is -3.09. The van der Waals surface area contributed by atoms with E-state index in [0.29, 0.717) is 5.56 Å². The van der Waals surface area contributed by atoms with Gasteiger partial charge in [-0.1, -0.05) is 0 Å². The Bertz CT molecular complexity index is 862. The summed E-state index contributed by atoms with van der Waals surface area (Å²) in [7, 11) is 0. The Morgan fingerprint density at radius 3 is 2.43 bits per heavy atom. The summed E-state index contributed by atoms with van der Waals surface area (Å²) in [6.07, 6.45) is 2.11.